The maximum Gasteiger partial charge on any atom is 0.122 e. The predicted octanol–water partition coefficient (Wildman–Crippen LogP) is 4.48. The van der Waals surface area contributed by atoms with Crippen molar-refractivity contribution < 1.29 is 8.95 Å². The summed E-state index contributed by atoms with van der Waals surface area (Å²) in [5.74, 6) is 5.10. The lowest BCUT2D eigenvalue weighted by Crippen LogP contribution is -2.43. The van der Waals surface area contributed by atoms with E-state index in [1.165, 1.54) is 17.5 Å². The van der Waals surface area contributed by atoms with E-state index in [1.54, 1.807) is 7.11 Å². The van der Waals surface area contributed by atoms with Gasteiger partial charge in [0.25, 0.3) is 0 Å². The predicted molar refractivity (Wildman–Crippen MR) is 110 cm³/mol. The van der Waals surface area contributed by atoms with E-state index in [1.807, 2.05) is 49.4 Å². The molecule has 1 fully saturated rings. The first kappa shape index (κ1) is 19.0. The minimum Gasteiger partial charge on any atom is -0.496 e. The largest absolute Gasteiger partial charge is 0.496 e. The number of methoxy groups -OCH3 is 1. The molecule has 0 spiro atoms. The minimum absolute atomic E-state index is 0.292. The summed E-state index contributed by atoms with van der Waals surface area (Å²) >= 11 is 0. The van der Waals surface area contributed by atoms with E-state index >= 15 is 0 Å². The fourth-order valence-corrected chi connectivity index (χ4v) is 5.72. The smallest absolute Gasteiger partial charge is 0.122 e. The van der Waals surface area contributed by atoms with E-state index in [0.717, 1.165) is 42.9 Å². The zero-order valence-corrected chi connectivity index (χ0v) is 16.6. The molecule has 4 heteroatoms. The van der Waals surface area contributed by atoms with Gasteiger partial charge >= 0.3 is 0 Å². The Labute approximate surface area is 158 Å². The summed E-state index contributed by atoms with van der Waals surface area (Å²) in [6.45, 7) is 2.90. The molecule has 0 aromatic heterocycles. The molecule has 2 aromatic rings. The molecule has 0 saturated carbocycles. The van der Waals surface area contributed by atoms with Crippen LogP contribution in [0.4, 0.5) is 0 Å². The van der Waals surface area contributed by atoms with Gasteiger partial charge in [-0.1, -0.05) is 42.3 Å². The third kappa shape index (κ3) is 4.13. The van der Waals surface area contributed by atoms with Crippen LogP contribution in [0.3, 0.4) is 0 Å². The van der Waals surface area contributed by atoms with Crippen molar-refractivity contribution in [3.8, 4) is 5.75 Å². The fraction of sp³-hybridized carbons (Fsp3) is 0.409. The Hall–Kier alpha value is -1.78. The topological polar surface area (TPSA) is 29.5 Å². The van der Waals surface area contributed by atoms with Crippen LogP contribution < -0.4 is 4.74 Å². The van der Waals surface area contributed by atoms with Gasteiger partial charge in [-0.05, 0) is 62.2 Å². The molecule has 1 aliphatic heterocycles. The number of piperidine rings is 1. The summed E-state index contributed by atoms with van der Waals surface area (Å²) in [6.07, 6.45) is 5.25. The number of hydrogen-bond donors (Lipinski definition) is 0. The first-order chi connectivity index (χ1) is 12.5. The van der Waals surface area contributed by atoms with Crippen LogP contribution in [0.15, 0.2) is 53.4 Å². The van der Waals surface area contributed by atoms with E-state index in [0.29, 0.717) is 6.04 Å². The lowest BCUT2D eigenvalue weighted by Gasteiger charge is -2.38. The van der Waals surface area contributed by atoms with Crippen molar-refractivity contribution >= 4 is 15.6 Å². The van der Waals surface area contributed by atoms with Crippen molar-refractivity contribution in [3.63, 3.8) is 0 Å². The fourth-order valence-electron chi connectivity index (χ4n) is 3.77. The molecule has 2 atom stereocenters. The second-order valence-corrected chi connectivity index (χ2v) is 9.32. The molecule has 1 saturated heterocycles. The summed E-state index contributed by atoms with van der Waals surface area (Å²) in [7, 11) is -0.732. The summed E-state index contributed by atoms with van der Waals surface area (Å²) < 4.78 is 21.2. The van der Waals surface area contributed by atoms with Crippen molar-refractivity contribution in [2.75, 3.05) is 13.7 Å². The minimum atomic E-state index is -2.45. The number of benzene rings is 2. The van der Waals surface area contributed by atoms with Gasteiger partial charge in [-0.2, -0.15) is 0 Å². The molecule has 1 heterocycles. The molecular formula is C22H29NO2S. The monoisotopic (exact) mass is 371 g/mol. The van der Waals surface area contributed by atoms with Crippen LogP contribution in [0.25, 0.3) is 0 Å². The van der Waals surface area contributed by atoms with Crippen LogP contribution in [0.1, 0.15) is 36.8 Å². The highest BCUT2D eigenvalue weighted by Gasteiger charge is 2.29. The van der Waals surface area contributed by atoms with Gasteiger partial charge in [0.1, 0.15) is 5.75 Å². The number of nitrogens with zero attached hydrogens (tertiary/aromatic N) is 1. The average Bonchev–Trinajstić information content (AvgIpc) is 2.67. The molecule has 2 unspecified atom stereocenters. The van der Waals surface area contributed by atoms with E-state index < -0.39 is 9.71 Å². The van der Waals surface area contributed by atoms with E-state index in [2.05, 4.69) is 16.2 Å². The zero-order chi connectivity index (χ0) is 18.6. The van der Waals surface area contributed by atoms with Gasteiger partial charge in [-0.3, -0.25) is 0 Å². The van der Waals surface area contributed by atoms with Gasteiger partial charge in [0, 0.05) is 17.5 Å². The zero-order valence-electron chi connectivity index (χ0n) is 15.8. The van der Waals surface area contributed by atoms with Crippen molar-refractivity contribution in [2.24, 2.45) is 0 Å². The van der Waals surface area contributed by atoms with Crippen LogP contribution in [-0.2, 0) is 16.1 Å². The second-order valence-electron chi connectivity index (χ2n) is 7.09. The third-order valence-corrected chi connectivity index (χ3v) is 7.53. The third-order valence-electron chi connectivity index (χ3n) is 5.28. The van der Waals surface area contributed by atoms with Crippen LogP contribution in [0.5, 0.6) is 5.75 Å². The van der Waals surface area contributed by atoms with Gasteiger partial charge in [0.05, 0.1) is 16.8 Å². The molecule has 3 rings (SSSR count). The summed E-state index contributed by atoms with van der Waals surface area (Å²) in [5.41, 5.74) is 2.39. The van der Waals surface area contributed by atoms with E-state index in [4.69, 9.17) is 4.74 Å². The Morgan fingerprint density at radius 2 is 1.88 bits per heavy atom. The highest BCUT2D eigenvalue weighted by atomic mass is 32.2. The number of aryl methyl sites for hydroxylation is 2. The van der Waals surface area contributed by atoms with Crippen molar-refractivity contribution in [1.29, 1.82) is 0 Å². The lowest BCUT2D eigenvalue weighted by molar-refractivity contribution is 0.250. The molecule has 2 aromatic carbocycles. The molecule has 3 nitrogen and oxygen atoms in total. The highest BCUT2D eigenvalue weighted by molar-refractivity contribution is 7.98. The lowest BCUT2D eigenvalue weighted by atomic mass is 9.97. The van der Waals surface area contributed by atoms with Crippen LogP contribution in [-0.4, -0.2) is 34.1 Å². The number of para-hydroxylation sites is 1. The van der Waals surface area contributed by atoms with Crippen LogP contribution >= 0.6 is 0 Å². The Bertz CT molecular complexity index is 827. The summed E-state index contributed by atoms with van der Waals surface area (Å²) in [4.78, 5) is 0.840. The Kier molecular flexibility index (Phi) is 6.05. The molecule has 0 bridgehead atoms. The SMILES string of the molecule is C=S(=O)(c1ccc(C)cc1)N1CCCCC1CCc1ccccc1OC. The van der Waals surface area contributed by atoms with E-state index in [9.17, 15) is 4.21 Å². The average molecular weight is 372 g/mol. The van der Waals surface area contributed by atoms with E-state index in [-0.39, 0.29) is 0 Å². The van der Waals surface area contributed by atoms with Gasteiger partial charge in [-0.15, -0.1) is 0 Å². The van der Waals surface area contributed by atoms with Gasteiger partial charge in [0.15, 0.2) is 0 Å². The number of ether oxygens (including phenoxy) is 1. The molecule has 1 aliphatic rings. The van der Waals surface area contributed by atoms with Crippen molar-refractivity contribution in [2.45, 2.75) is 50.0 Å². The molecule has 140 valence electrons. The first-order valence-electron chi connectivity index (χ1n) is 9.35. The Morgan fingerprint density at radius 1 is 1.15 bits per heavy atom. The Balaban J connectivity index is 1.78. The standard InChI is InChI=1S/C22H29NO2S/c1-18-11-15-21(16-12-18)26(3,24)23-17-7-6-9-20(23)14-13-19-8-4-5-10-22(19)25-2/h4-5,8,10-12,15-16,20H,3,6-7,9,13-14,17H2,1-2H3. The van der Waals surface area contributed by atoms with Gasteiger partial charge < -0.3 is 4.74 Å². The van der Waals surface area contributed by atoms with Crippen LogP contribution in [0, 0.1) is 6.92 Å². The highest BCUT2D eigenvalue weighted by Crippen LogP contribution is 2.29. The summed E-state index contributed by atoms with van der Waals surface area (Å²) in [6, 6.07) is 16.4. The molecule has 0 aliphatic carbocycles. The Morgan fingerprint density at radius 3 is 2.62 bits per heavy atom. The van der Waals surface area contributed by atoms with Crippen LogP contribution in [0.2, 0.25) is 0 Å². The van der Waals surface area contributed by atoms with Crippen molar-refractivity contribution in [1.82, 2.24) is 4.31 Å². The number of hydrogen-bond acceptors (Lipinski definition) is 2. The molecule has 26 heavy (non-hydrogen) atoms. The summed E-state index contributed by atoms with van der Waals surface area (Å²) in [5, 5.41) is 0. The van der Waals surface area contributed by atoms with Gasteiger partial charge in [0.2, 0.25) is 0 Å². The molecular weight excluding hydrogens is 342 g/mol. The maximum absolute atomic E-state index is 13.6. The molecule has 0 amide bonds. The second kappa shape index (κ2) is 8.28. The normalized spacial score (nSPS) is 20.5. The first-order valence-corrected chi connectivity index (χ1v) is 11.0. The molecule has 0 radical (unpaired) electrons. The van der Waals surface area contributed by atoms with Gasteiger partial charge in [-0.25, -0.2) is 8.51 Å². The number of rotatable bonds is 6. The van der Waals surface area contributed by atoms with Crippen molar-refractivity contribution in [3.05, 3.63) is 59.7 Å². The quantitative estimate of drug-likeness (QED) is 0.701. The molecule has 0 N–H and O–H groups in total. The maximum atomic E-state index is 13.6.